The molecule has 1 aromatic heterocycles. The first-order valence-corrected chi connectivity index (χ1v) is 5.63. The summed E-state index contributed by atoms with van der Waals surface area (Å²) in [6, 6.07) is 0. The van der Waals surface area contributed by atoms with Crippen LogP contribution in [-0.4, -0.2) is 44.4 Å². The molecule has 0 saturated heterocycles. The van der Waals surface area contributed by atoms with Gasteiger partial charge in [0.25, 0.3) is 0 Å². The molecular formula is C11H20N4O2. The third kappa shape index (κ3) is 4.07. The average molecular weight is 240 g/mol. The lowest BCUT2D eigenvalue weighted by Crippen LogP contribution is -2.08. The van der Waals surface area contributed by atoms with Crippen LogP contribution in [-0.2, 0) is 4.74 Å². The topological polar surface area (TPSA) is 68.3 Å². The number of anilines is 2. The van der Waals surface area contributed by atoms with Gasteiger partial charge in [-0.1, -0.05) is 0 Å². The highest BCUT2D eigenvalue weighted by Gasteiger charge is 2.09. The molecule has 6 nitrogen and oxygen atoms in total. The van der Waals surface area contributed by atoms with Crippen LogP contribution in [0.2, 0.25) is 0 Å². The van der Waals surface area contributed by atoms with Gasteiger partial charge in [-0.3, -0.25) is 0 Å². The Kier molecular flexibility index (Phi) is 6.09. The Balaban J connectivity index is 2.52. The van der Waals surface area contributed by atoms with E-state index in [4.69, 9.17) is 9.47 Å². The fraction of sp³-hybridized carbons (Fsp3) is 0.636. The van der Waals surface area contributed by atoms with E-state index in [1.807, 2.05) is 0 Å². The molecule has 2 N–H and O–H groups in total. The van der Waals surface area contributed by atoms with Gasteiger partial charge >= 0.3 is 0 Å². The van der Waals surface area contributed by atoms with Crippen LogP contribution in [0.4, 0.5) is 11.6 Å². The molecule has 0 saturated carbocycles. The van der Waals surface area contributed by atoms with E-state index in [-0.39, 0.29) is 0 Å². The number of hydrogen-bond donors (Lipinski definition) is 2. The predicted octanol–water partition coefficient (Wildman–Crippen LogP) is 1.37. The van der Waals surface area contributed by atoms with Crippen molar-refractivity contribution in [1.29, 1.82) is 0 Å². The summed E-state index contributed by atoms with van der Waals surface area (Å²) in [4.78, 5) is 8.24. The summed E-state index contributed by atoms with van der Waals surface area (Å²) in [5.74, 6) is 2.04. The lowest BCUT2D eigenvalue weighted by molar-refractivity contribution is 0.193. The Morgan fingerprint density at radius 3 is 2.59 bits per heavy atom. The summed E-state index contributed by atoms with van der Waals surface area (Å²) in [5, 5.41) is 6.19. The van der Waals surface area contributed by atoms with Crippen molar-refractivity contribution in [2.24, 2.45) is 0 Å². The van der Waals surface area contributed by atoms with Crippen molar-refractivity contribution in [3.05, 3.63) is 6.33 Å². The van der Waals surface area contributed by atoms with E-state index in [0.29, 0.717) is 17.4 Å². The smallest absolute Gasteiger partial charge is 0.204 e. The summed E-state index contributed by atoms with van der Waals surface area (Å²) in [6.45, 7) is 1.62. The fourth-order valence-corrected chi connectivity index (χ4v) is 1.45. The monoisotopic (exact) mass is 240 g/mol. The van der Waals surface area contributed by atoms with Crippen LogP contribution < -0.4 is 15.4 Å². The molecule has 0 bridgehead atoms. The molecule has 0 radical (unpaired) electrons. The van der Waals surface area contributed by atoms with Gasteiger partial charge < -0.3 is 20.1 Å². The molecular weight excluding hydrogens is 220 g/mol. The molecule has 96 valence electrons. The van der Waals surface area contributed by atoms with Crippen molar-refractivity contribution in [3.8, 4) is 5.75 Å². The summed E-state index contributed by atoms with van der Waals surface area (Å²) >= 11 is 0. The van der Waals surface area contributed by atoms with Crippen LogP contribution in [0.1, 0.15) is 12.8 Å². The maximum atomic E-state index is 5.27. The van der Waals surface area contributed by atoms with Gasteiger partial charge in [-0.15, -0.1) is 0 Å². The first-order valence-electron chi connectivity index (χ1n) is 5.63. The van der Waals surface area contributed by atoms with Crippen LogP contribution in [0.3, 0.4) is 0 Å². The minimum Gasteiger partial charge on any atom is -0.490 e. The zero-order valence-corrected chi connectivity index (χ0v) is 10.6. The molecule has 0 aromatic carbocycles. The highest BCUT2D eigenvalue weighted by Crippen LogP contribution is 2.28. The summed E-state index contributed by atoms with van der Waals surface area (Å²) < 4.78 is 10.3. The molecule has 6 heteroatoms. The number of methoxy groups -OCH3 is 2. The second kappa shape index (κ2) is 7.67. The van der Waals surface area contributed by atoms with Gasteiger partial charge in [-0.05, 0) is 12.8 Å². The molecule has 0 spiro atoms. The van der Waals surface area contributed by atoms with Gasteiger partial charge in [0, 0.05) is 27.3 Å². The van der Waals surface area contributed by atoms with Gasteiger partial charge in [0.05, 0.1) is 7.11 Å². The third-order valence-corrected chi connectivity index (χ3v) is 2.31. The molecule has 1 aromatic rings. The molecule has 17 heavy (non-hydrogen) atoms. The molecule has 0 amide bonds. The van der Waals surface area contributed by atoms with Gasteiger partial charge in [0.2, 0.25) is 5.75 Å². The normalized spacial score (nSPS) is 10.1. The minimum atomic E-state index is 0.641. The van der Waals surface area contributed by atoms with Crippen LogP contribution in [0, 0.1) is 0 Å². The number of rotatable bonds is 8. The number of unbranched alkanes of at least 4 members (excludes halogenated alkanes) is 1. The summed E-state index contributed by atoms with van der Waals surface area (Å²) in [6.07, 6.45) is 3.55. The molecule has 1 heterocycles. The van der Waals surface area contributed by atoms with Crippen molar-refractivity contribution >= 4 is 11.6 Å². The molecule has 0 atom stereocenters. The quantitative estimate of drug-likeness (QED) is 0.669. The maximum absolute atomic E-state index is 5.27. The minimum absolute atomic E-state index is 0.641. The molecule has 0 aliphatic heterocycles. The van der Waals surface area contributed by atoms with E-state index in [9.17, 15) is 0 Å². The fourth-order valence-electron chi connectivity index (χ4n) is 1.45. The second-order valence-corrected chi connectivity index (χ2v) is 3.48. The highest BCUT2D eigenvalue weighted by molar-refractivity contribution is 5.63. The maximum Gasteiger partial charge on any atom is 0.204 e. The Morgan fingerprint density at radius 1 is 1.18 bits per heavy atom. The Labute approximate surface area is 102 Å². The lowest BCUT2D eigenvalue weighted by Gasteiger charge is -2.12. The Morgan fingerprint density at radius 2 is 1.94 bits per heavy atom. The lowest BCUT2D eigenvalue weighted by atomic mass is 10.3. The zero-order valence-electron chi connectivity index (χ0n) is 10.6. The molecule has 0 aliphatic rings. The van der Waals surface area contributed by atoms with E-state index in [1.54, 1.807) is 21.3 Å². The van der Waals surface area contributed by atoms with Crippen molar-refractivity contribution < 1.29 is 9.47 Å². The Hall–Kier alpha value is -1.56. The highest BCUT2D eigenvalue weighted by atomic mass is 16.5. The third-order valence-electron chi connectivity index (χ3n) is 2.31. The van der Waals surface area contributed by atoms with Crippen LogP contribution in [0.15, 0.2) is 6.33 Å². The molecule has 0 fully saturated rings. The van der Waals surface area contributed by atoms with Crippen molar-refractivity contribution in [1.82, 2.24) is 9.97 Å². The van der Waals surface area contributed by atoms with Gasteiger partial charge in [0.1, 0.15) is 6.33 Å². The molecule has 0 unspecified atom stereocenters. The van der Waals surface area contributed by atoms with E-state index >= 15 is 0 Å². The number of nitrogens with zero attached hydrogens (tertiary/aromatic N) is 2. The number of nitrogens with one attached hydrogen (secondary N) is 2. The van der Waals surface area contributed by atoms with Gasteiger partial charge in [-0.25, -0.2) is 9.97 Å². The summed E-state index contributed by atoms with van der Waals surface area (Å²) in [7, 11) is 5.11. The van der Waals surface area contributed by atoms with Gasteiger partial charge in [0.15, 0.2) is 11.6 Å². The number of hydrogen-bond acceptors (Lipinski definition) is 6. The van der Waals surface area contributed by atoms with Crippen LogP contribution >= 0.6 is 0 Å². The van der Waals surface area contributed by atoms with E-state index in [1.165, 1.54) is 6.33 Å². The molecule has 1 rings (SSSR count). The first-order chi connectivity index (χ1) is 8.33. The summed E-state index contributed by atoms with van der Waals surface area (Å²) in [5.41, 5.74) is 0. The van der Waals surface area contributed by atoms with Crippen LogP contribution in [0.25, 0.3) is 0 Å². The first kappa shape index (κ1) is 13.5. The number of aromatic nitrogens is 2. The Bertz CT molecular complexity index is 333. The average Bonchev–Trinajstić information content (AvgIpc) is 2.38. The largest absolute Gasteiger partial charge is 0.490 e. The SMILES string of the molecule is CNc1ncnc(NCCCCOC)c1OC. The van der Waals surface area contributed by atoms with Crippen molar-refractivity contribution in [3.63, 3.8) is 0 Å². The number of ether oxygens (including phenoxy) is 2. The standard InChI is InChI=1S/C11H20N4O2/c1-12-10-9(17-3)11(15-8-14-10)13-6-4-5-7-16-2/h8H,4-7H2,1-3H3,(H2,12,13,14,15). The molecule has 0 aliphatic carbocycles. The zero-order chi connectivity index (χ0) is 12.5. The van der Waals surface area contributed by atoms with E-state index < -0.39 is 0 Å². The van der Waals surface area contributed by atoms with Crippen molar-refractivity contribution in [2.75, 3.05) is 45.1 Å². The second-order valence-electron chi connectivity index (χ2n) is 3.48. The van der Waals surface area contributed by atoms with Gasteiger partial charge in [-0.2, -0.15) is 0 Å². The van der Waals surface area contributed by atoms with E-state index in [2.05, 4.69) is 20.6 Å². The predicted molar refractivity (Wildman–Crippen MR) is 67.7 cm³/mol. The van der Waals surface area contributed by atoms with Crippen molar-refractivity contribution in [2.45, 2.75) is 12.8 Å². The van der Waals surface area contributed by atoms with Crippen LogP contribution in [0.5, 0.6) is 5.75 Å². The van der Waals surface area contributed by atoms with E-state index in [0.717, 1.165) is 26.0 Å².